The zero-order valence-electron chi connectivity index (χ0n) is 15.0. The molecule has 2 aliphatic rings. The Morgan fingerprint density at radius 1 is 1.00 bits per heavy atom. The van der Waals surface area contributed by atoms with Gasteiger partial charge in [-0.2, -0.15) is 0 Å². The smallest absolute Gasteiger partial charge is 0.320 e. The average Bonchev–Trinajstić information content (AvgIpc) is 3.17. The first kappa shape index (κ1) is 18.4. The fraction of sp³-hybridized carbons (Fsp3) is 0.381. The Morgan fingerprint density at radius 2 is 1.69 bits per heavy atom. The van der Waals surface area contributed by atoms with Crippen LogP contribution in [0.4, 0.5) is 9.18 Å². The maximum Gasteiger partial charge on any atom is 0.320 e. The molecule has 2 aliphatic heterocycles. The number of nitrogens with two attached hydrogens (primary N) is 1. The highest BCUT2D eigenvalue weighted by atomic mass is 19.1. The second-order valence-corrected chi connectivity index (χ2v) is 6.85. The van der Waals surface area contributed by atoms with E-state index < -0.39 is 0 Å². The summed E-state index contributed by atoms with van der Waals surface area (Å²) >= 11 is 0. The Balaban J connectivity index is 0.000000236. The van der Waals surface area contributed by atoms with Gasteiger partial charge < -0.3 is 15.5 Å². The number of rotatable bonds is 1. The zero-order chi connectivity index (χ0) is 18.4. The Morgan fingerprint density at radius 3 is 2.31 bits per heavy atom. The van der Waals surface area contributed by atoms with Gasteiger partial charge in [-0.15, -0.1) is 0 Å². The molecule has 2 amide bonds. The molecule has 0 radical (unpaired) electrons. The molecule has 1 unspecified atom stereocenters. The van der Waals surface area contributed by atoms with E-state index in [0.717, 1.165) is 39.0 Å². The molecular formula is C21H26FN3O. The summed E-state index contributed by atoms with van der Waals surface area (Å²) in [4.78, 5) is 16.4. The van der Waals surface area contributed by atoms with Gasteiger partial charge in [0, 0.05) is 26.2 Å². The van der Waals surface area contributed by atoms with Crippen LogP contribution in [0.3, 0.4) is 0 Å². The molecule has 5 heteroatoms. The monoisotopic (exact) mass is 355 g/mol. The molecule has 138 valence electrons. The lowest BCUT2D eigenvalue weighted by atomic mass is 10.0. The first-order valence-corrected chi connectivity index (χ1v) is 9.18. The molecule has 0 saturated carbocycles. The number of likely N-dealkylation sites (tertiary alicyclic amines) is 1. The van der Waals surface area contributed by atoms with E-state index in [1.807, 2.05) is 15.9 Å². The van der Waals surface area contributed by atoms with Gasteiger partial charge in [0.2, 0.25) is 0 Å². The molecule has 4 nitrogen and oxygen atoms in total. The van der Waals surface area contributed by atoms with Crippen molar-refractivity contribution in [1.82, 2.24) is 9.80 Å². The van der Waals surface area contributed by atoms with Gasteiger partial charge in [-0.3, -0.25) is 0 Å². The number of hydrogen-bond donors (Lipinski definition) is 1. The lowest BCUT2D eigenvalue weighted by Gasteiger charge is -2.32. The lowest BCUT2D eigenvalue weighted by molar-refractivity contribution is 0.156. The molecule has 0 spiro atoms. The van der Waals surface area contributed by atoms with Crippen molar-refractivity contribution in [2.24, 2.45) is 11.7 Å². The van der Waals surface area contributed by atoms with E-state index in [0.29, 0.717) is 12.5 Å². The van der Waals surface area contributed by atoms with Crippen LogP contribution in [0.2, 0.25) is 0 Å². The minimum Gasteiger partial charge on any atom is -0.330 e. The summed E-state index contributed by atoms with van der Waals surface area (Å²) in [7, 11) is 0. The van der Waals surface area contributed by atoms with Gasteiger partial charge in [-0.25, -0.2) is 9.18 Å². The number of halogens is 1. The van der Waals surface area contributed by atoms with E-state index in [1.165, 1.54) is 23.3 Å². The molecule has 26 heavy (non-hydrogen) atoms. The summed E-state index contributed by atoms with van der Waals surface area (Å²) in [5.41, 5.74) is 8.36. The molecule has 2 aromatic rings. The van der Waals surface area contributed by atoms with E-state index in [1.54, 1.807) is 18.2 Å². The van der Waals surface area contributed by atoms with Gasteiger partial charge in [-0.1, -0.05) is 42.5 Å². The molecule has 0 aliphatic carbocycles. The van der Waals surface area contributed by atoms with Gasteiger partial charge in [0.15, 0.2) is 0 Å². The van der Waals surface area contributed by atoms with Crippen LogP contribution in [0, 0.1) is 11.7 Å². The van der Waals surface area contributed by atoms with Crippen LogP contribution < -0.4 is 5.73 Å². The number of fused-ring (bicyclic) bond motifs is 1. The molecule has 2 heterocycles. The van der Waals surface area contributed by atoms with Crippen LogP contribution in [0.5, 0.6) is 0 Å². The van der Waals surface area contributed by atoms with Gasteiger partial charge in [0.25, 0.3) is 0 Å². The first-order valence-electron chi connectivity index (χ1n) is 9.18. The minimum atomic E-state index is -0.178. The van der Waals surface area contributed by atoms with E-state index in [2.05, 4.69) is 18.2 Å². The predicted octanol–water partition coefficient (Wildman–Crippen LogP) is 3.27. The summed E-state index contributed by atoms with van der Waals surface area (Å²) in [5.74, 6) is 0.309. The molecule has 2 aromatic carbocycles. The van der Waals surface area contributed by atoms with Crippen LogP contribution in [-0.2, 0) is 13.0 Å². The molecule has 4 rings (SSSR count). The summed E-state index contributed by atoms with van der Waals surface area (Å²) in [5, 5.41) is 0. The van der Waals surface area contributed by atoms with Crippen LogP contribution >= 0.6 is 0 Å². The third-order valence-corrected chi connectivity index (χ3v) is 5.02. The molecule has 1 atom stereocenters. The fourth-order valence-electron chi connectivity index (χ4n) is 3.47. The number of amides is 2. The standard InChI is InChI=1S/C15H21N3O.C6H5F/c16-9-12-5-7-17(10-12)15(19)18-8-6-13-3-1-2-4-14(13)11-18;7-6-4-2-1-3-5-6/h1-4,12H,5-11,16H2;1-5H. The second-order valence-electron chi connectivity index (χ2n) is 6.85. The van der Waals surface area contributed by atoms with Crippen LogP contribution in [0.1, 0.15) is 17.5 Å². The summed E-state index contributed by atoms with van der Waals surface area (Å²) in [6.45, 7) is 3.96. The number of hydrogen-bond acceptors (Lipinski definition) is 2. The minimum absolute atomic E-state index is 0.178. The van der Waals surface area contributed by atoms with Gasteiger partial charge in [-0.05, 0) is 48.6 Å². The van der Waals surface area contributed by atoms with Gasteiger partial charge in [0.1, 0.15) is 5.82 Å². The highest BCUT2D eigenvalue weighted by molar-refractivity contribution is 5.75. The van der Waals surface area contributed by atoms with Crippen LogP contribution in [0.25, 0.3) is 0 Å². The van der Waals surface area contributed by atoms with Crippen molar-refractivity contribution in [3.63, 3.8) is 0 Å². The number of carbonyl (C=O) groups is 1. The summed E-state index contributed by atoms with van der Waals surface area (Å²) in [6.07, 6.45) is 2.02. The number of nitrogens with zero attached hydrogens (tertiary/aromatic N) is 2. The van der Waals surface area contributed by atoms with E-state index in [-0.39, 0.29) is 11.8 Å². The molecule has 0 aromatic heterocycles. The molecule has 2 N–H and O–H groups in total. The maximum absolute atomic E-state index is 12.5. The van der Waals surface area contributed by atoms with Crippen molar-refractivity contribution in [1.29, 1.82) is 0 Å². The highest BCUT2D eigenvalue weighted by Gasteiger charge is 2.30. The van der Waals surface area contributed by atoms with Gasteiger partial charge in [0.05, 0.1) is 0 Å². The SMILES string of the molecule is Fc1ccccc1.NCC1CCN(C(=O)N2CCc3ccccc3C2)C1. The Kier molecular flexibility index (Phi) is 6.23. The van der Waals surface area contributed by atoms with Crippen molar-refractivity contribution in [2.75, 3.05) is 26.2 Å². The normalized spacial score (nSPS) is 18.8. The molecular weight excluding hydrogens is 329 g/mol. The number of urea groups is 1. The van der Waals surface area contributed by atoms with Crippen LogP contribution in [-0.4, -0.2) is 42.0 Å². The van der Waals surface area contributed by atoms with Crippen molar-refractivity contribution in [2.45, 2.75) is 19.4 Å². The first-order chi connectivity index (χ1) is 12.7. The Bertz CT molecular complexity index is 722. The van der Waals surface area contributed by atoms with Crippen LogP contribution in [0.15, 0.2) is 54.6 Å². The highest BCUT2D eigenvalue weighted by Crippen LogP contribution is 2.22. The topological polar surface area (TPSA) is 49.6 Å². The van der Waals surface area contributed by atoms with Gasteiger partial charge >= 0.3 is 6.03 Å². The number of carbonyl (C=O) groups excluding carboxylic acids is 1. The molecule has 1 saturated heterocycles. The quantitative estimate of drug-likeness (QED) is 0.853. The Hall–Kier alpha value is -2.40. The zero-order valence-corrected chi connectivity index (χ0v) is 15.0. The fourth-order valence-corrected chi connectivity index (χ4v) is 3.47. The lowest BCUT2D eigenvalue weighted by Crippen LogP contribution is -2.44. The van der Waals surface area contributed by atoms with Crippen molar-refractivity contribution >= 4 is 6.03 Å². The Labute approximate surface area is 154 Å². The number of benzene rings is 2. The maximum atomic E-state index is 12.5. The van der Waals surface area contributed by atoms with E-state index in [9.17, 15) is 9.18 Å². The van der Waals surface area contributed by atoms with Crippen molar-refractivity contribution in [3.8, 4) is 0 Å². The largest absolute Gasteiger partial charge is 0.330 e. The van der Waals surface area contributed by atoms with Crippen molar-refractivity contribution < 1.29 is 9.18 Å². The third kappa shape index (κ3) is 4.61. The molecule has 1 fully saturated rings. The van der Waals surface area contributed by atoms with Crippen molar-refractivity contribution in [3.05, 3.63) is 71.5 Å². The molecule has 0 bridgehead atoms. The second kappa shape index (κ2) is 8.81. The predicted molar refractivity (Wildman–Crippen MR) is 101 cm³/mol. The third-order valence-electron chi connectivity index (χ3n) is 5.02. The summed E-state index contributed by atoms with van der Waals surface area (Å²) in [6, 6.07) is 16.5. The summed E-state index contributed by atoms with van der Waals surface area (Å²) < 4.78 is 11.9. The van der Waals surface area contributed by atoms with E-state index >= 15 is 0 Å². The average molecular weight is 355 g/mol. The van der Waals surface area contributed by atoms with E-state index in [4.69, 9.17) is 5.73 Å².